The maximum atomic E-state index is 13.0. The molecule has 0 spiro atoms. The van der Waals surface area contributed by atoms with E-state index in [-0.39, 0.29) is 17.5 Å². The van der Waals surface area contributed by atoms with Gasteiger partial charge in [-0.1, -0.05) is 23.9 Å². The minimum Gasteiger partial charge on any atom is -0.494 e. The topological polar surface area (TPSA) is 53.3 Å². The molecule has 2 aromatic carbocycles. The predicted octanol–water partition coefficient (Wildman–Crippen LogP) is 4.28. The van der Waals surface area contributed by atoms with E-state index in [1.807, 2.05) is 24.3 Å². The van der Waals surface area contributed by atoms with E-state index >= 15 is 0 Å². The second-order valence-corrected chi connectivity index (χ2v) is 8.03. The normalized spacial score (nSPS) is 16.4. The van der Waals surface area contributed by atoms with Crippen LogP contribution in [0.4, 0.5) is 4.39 Å². The lowest BCUT2D eigenvalue weighted by molar-refractivity contribution is 0.0937. The molecule has 152 valence electrons. The van der Waals surface area contributed by atoms with Crippen molar-refractivity contribution >= 4 is 22.7 Å². The summed E-state index contributed by atoms with van der Waals surface area (Å²) in [5.74, 6) is 1.13. The maximum Gasteiger partial charge on any atom is 0.262 e. The number of benzene rings is 2. The first-order valence-electron chi connectivity index (χ1n) is 9.83. The van der Waals surface area contributed by atoms with Crippen LogP contribution in [0.15, 0.2) is 58.5 Å². The zero-order valence-corrected chi connectivity index (χ0v) is 16.9. The predicted molar refractivity (Wildman–Crippen MR) is 112 cm³/mol. The Labute approximate surface area is 172 Å². The smallest absolute Gasteiger partial charge is 0.262 e. The van der Waals surface area contributed by atoms with Crippen LogP contribution >= 0.6 is 11.8 Å². The number of ether oxygens (including phenoxy) is 2. The zero-order valence-electron chi connectivity index (χ0n) is 16.1. The SMILES string of the molecule is O=c1c2ccccc2nc(SCCCOc2ccc(F)cc2)n1CC1CCCO1. The van der Waals surface area contributed by atoms with Crippen molar-refractivity contribution in [3.63, 3.8) is 0 Å². The van der Waals surface area contributed by atoms with E-state index < -0.39 is 0 Å². The van der Waals surface area contributed by atoms with Crippen molar-refractivity contribution in [2.45, 2.75) is 37.1 Å². The molecule has 3 aromatic rings. The number of thioether (sulfide) groups is 1. The van der Waals surface area contributed by atoms with Crippen molar-refractivity contribution in [1.82, 2.24) is 9.55 Å². The van der Waals surface area contributed by atoms with E-state index in [1.54, 1.807) is 28.5 Å². The van der Waals surface area contributed by atoms with Gasteiger partial charge < -0.3 is 9.47 Å². The summed E-state index contributed by atoms with van der Waals surface area (Å²) in [6.07, 6.45) is 2.85. The molecule has 7 heteroatoms. The Bertz CT molecular complexity index is 1020. The van der Waals surface area contributed by atoms with Crippen LogP contribution in [0.2, 0.25) is 0 Å². The average Bonchev–Trinajstić information content (AvgIpc) is 3.25. The van der Waals surface area contributed by atoms with E-state index in [1.165, 1.54) is 12.1 Å². The number of hydrogen-bond donors (Lipinski definition) is 0. The first-order valence-corrected chi connectivity index (χ1v) is 10.8. The van der Waals surface area contributed by atoms with Crippen molar-refractivity contribution in [3.05, 3.63) is 64.7 Å². The Hall–Kier alpha value is -2.38. The number of nitrogens with zero attached hydrogens (tertiary/aromatic N) is 2. The van der Waals surface area contributed by atoms with Gasteiger partial charge in [0.2, 0.25) is 0 Å². The molecule has 0 radical (unpaired) electrons. The highest BCUT2D eigenvalue weighted by molar-refractivity contribution is 7.99. The van der Waals surface area contributed by atoms with E-state index in [0.29, 0.717) is 35.0 Å². The molecule has 1 fully saturated rings. The highest BCUT2D eigenvalue weighted by Crippen LogP contribution is 2.22. The number of fused-ring (bicyclic) bond motifs is 1. The van der Waals surface area contributed by atoms with Gasteiger partial charge in [-0.2, -0.15) is 0 Å². The number of rotatable bonds is 8. The van der Waals surface area contributed by atoms with Crippen molar-refractivity contribution in [2.24, 2.45) is 0 Å². The van der Waals surface area contributed by atoms with Gasteiger partial charge in [0.15, 0.2) is 5.16 Å². The molecule has 1 unspecified atom stereocenters. The molecular formula is C22H23FN2O3S. The van der Waals surface area contributed by atoms with Crippen LogP contribution in [0.5, 0.6) is 5.75 Å². The molecule has 0 aliphatic carbocycles. The Morgan fingerprint density at radius 2 is 2.03 bits per heavy atom. The molecule has 1 aliphatic rings. The lowest BCUT2D eigenvalue weighted by Gasteiger charge is -2.16. The lowest BCUT2D eigenvalue weighted by Crippen LogP contribution is -2.28. The molecule has 1 atom stereocenters. The van der Waals surface area contributed by atoms with Crippen molar-refractivity contribution < 1.29 is 13.9 Å². The molecule has 29 heavy (non-hydrogen) atoms. The molecular weight excluding hydrogens is 391 g/mol. The molecule has 1 aliphatic heterocycles. The van der Waals surface area contributed by atoms with Crippen molar-refractivity contribution in [1.29, 1.82) is 0 Å². The molecule has 1 saturated heterocycles. The van der Waals surface area contributed by atoms with Gasteiger partial charge >= 0.3 is 0 Å². The van der Waals surface area contributed by atoms with E-state index in [9.17, 15) is 9.18 Å². The third kappa shape index (κ3) is 4.97. The second kappa shape index (κ2) is 9.41. The molecule has 0 amide bonds. The minimum absolute atomic E-state index is 0.0174. The summed E-state index contributed by atoms with van der Waals surface area (Å²) in [7, 11) is 0. The third-order valence-corrected chi connectivity index (χ3v) is 5.90. The number of halogens is 1. The Kier molecular flexibility index (Phi) is 6.46. The van der Waals surface area contributed by atoms with Crippen molar-refractivity contribution in [2.75, 3.05) is 19.0 Å². The van der Waals surface area contributed by atoms with E-state index in [4.69, 9.17) is 14.5 Å². The summed E-state index contributed by atoms with van der Waals surface area (Å²) in [5, 5.41) is 1.35. The average molecular weight is 415 g/mol. The van der Waals surface area contributed by atoms with Crippen LogP contribution in [-0.2, 0) is 11.3 Å². The quantitative estimate of drug-likeness (QED) is 0.313. The van der Waals surface area contributed by atoms with Crippen LogP contribution in [0.3, 0.4) is 0 Å². The van der Waals surface area contributed by atoms with Crippen molar-refractivity contribution in [3.8, 4) is 5.75 Å². The molecule has 1 aromatic heterocycles. The summed E-state index contributed by atoms with van der Waals surface area (Å²) in [6, 6.07) is 13.4. The summed E-state index contributed by atoms with van der Waals surface area (Å²) >= 11 is 1.55. The monoisotopic (exact) mass is 414 g/mol. The highest BCUT2D eigenvalue weighted by atomic mass is 32.2. The molecule has 0 bridgehead atoms. The maximum absolute atomic E-state index is 13.0. The Balaban J connectivity index is 1.43. The van der Waals surface area contributed by atoms with Crippen LogP contribution in [0.1, 0.15) is 19.3 Å². The summed E-state index contributed by atoms with van der Waals surface area (Å²) in [5.41, 5.74) is 0.697. The Morgan fingerprint density at radius 1 is 1.21 bits per heavy atom. The van der Waals surface area contributed by atoms with Gasteiger partial charge in [-0.3, -0.25) is 9.36 Å². The van der Waals surface area contributed by atoms with Gasteiger partial charge in [0.05, 0.1) is 30.2 Å². The fourth-order valence-corrected chi connectivity index (χ4v) is 4.27. The Morgan fingerprint density at radius 3 is 2.83 bits per heavy atom. The van der Waals surface area contributed by atoms with E-state index in [0.717, 1.165) is 31.6 Å². The van der Waals surface area contributed by atoms with Gasteiger partial charge in [-0.15, -0.1) is 0 Å². The number of para-hydroxylation sites is 1. The molecule has 4 rings (SSSR count). The molecule has 0 N–H and O–H groups in total. The number of aromatic nitrogens is 2. The largest absolute Gasteiger partial charge is 0.494 e. The zero-order chi connectivity index (χ0) is 20.1. The number of hydrogen-bond acceptors (Lipinski definition) is 5. The molecule has 5 nitrogen and oxygen atoms in total. The second-order valence-electron chi connectivity index (χ2n) is 6.97. The van der Waals surface area contributed by atoms with Gasteiger partial charge in [0, 0.05) is 12.4 Å². The standard InChI is InChI=1S/C22H23FN2O3S/c23-16-8-10-17(11-9-16)27-13-4-14-29-22-24-20-7-2-1-6-19(20)21(26)25(22)15-18-5-3-12-28-18/h1-2,6-11,18H,3-5,12-15H2. The summed E-state index contributed by atoms with van der Waals surface area (Å²) in [4.78, 5) is 17.8. The minimum atomic E-state index is -0.278. The van der Waals surface area contributed by atoms with Gasteiger partial charge in [0.1, 0.15) is 11.6 Å². The van der Waals surface area contributed by atoms with E-state index in [2.05, 4.69) is 0 Å². The summed E-state index contributed by atoms with van der Waals surface area (Å²) < 4.78 is 26.1. The fourth-order valence-electron chi connectivity index (χ4n) is 3.35. The van der Waals surface area contributed by atoms with Crippen LogP contribution in [0.25, 0.3) is 10.9 Å². The van der Waals surface area contributed by atoms with Crippen LogP contribution < -0.4 is 10.3 Å². The highest BCUT2D eigenvalue weighted by Gasteiger charge is 2.20. The van der Waals surface area contributed by atoms with Gasteiger partial charge in [-0.05, 0) is 55.7 Å². The van der Waals surface area contributed by atoms with Crippen LogP contribution in [0, 0.1) is 5.82 Å². The first-order chi connectivity index (χ1) is 14.2. The van der Waals surface area contributed by atoms with Gasteiger partial charge in [0.25, 0.3) is 5.56 Å². The van der Waals surface area contributed by atoms with Gasteiger partial charge in [-0.25, -0.2) is 9.37 Å². The molecule has 0 saturated carbocycles. The third-order valence-electron chi connectivity index (χ3n) is 4.84. The van der Waals surface area contributed by atoms with Crippen LogP contribution in [-0.4, -0.2) is 34.6 Å². The summed E-state index contributed by atoms with van der Waals surface area (Å²) in [6.45, 7) is 1.80. The molecule has 2 heterocycles. The fraction of sp³-hybridized carbons (Fsp3) is 0.364. The first kappa shape index (κ1) is 19.9. The lowest BCUT2D eigenvalue weighted by atomic mass is 10.2.